The summed E-state index contributed by atoms with van der Waals surface area (Å²) in [6.07, 6.45) is 0. The van der Waals surface area contributed by atoms with Crippen LogP contribution < -0.4 is 4.72 Å². The molecule has 1 fully saturated rings. The quantitative estimate of drug-likeness (QED) is 0.797. The molecule has 1 aromatic carbocycles. The van der Waals surface area contributed by atoms with Gasteiger partial charge in [-0.3, -0.25) is 0 Å². The molecule has 2 atom stereocenters. The van der Waals surface area contributed by atoms with Crippen LogP contribution in [-0.4, -0.2) is 39.8 Å². The van der Waals surface area contributed by atoms with Gasteiger partial charge < -0.3 is 0 Å². The van der Waals surface area contributed by atoms with Gasteiger partial charge in [0, 0.05) is 0 Å². The molecule has 1 aliphatic heterocycles. The normalized spacial score (nSPS) is 25.2. The monoisotopic (exact) mass is 334 g/mol. The maximum Gasteiger partial charge on any atom is 0.240 e. The van der Waals surface area contributed by atoms with Crippen LogP contribution in [0, 0.1) is 11.3 Å². The van der Waals surface area contributed by atoms with Crippen molar-refractivity contribution in [1.29, 1.82) is 5.26 Å². The van der Waals surface area contributed by atoms with E-state index >= 15 is 0 Å². The van der Waals surface area contributed by atoms with Gasteiger partial charge in [-0.1, -0.05) is 6.07 Å². The number of halogens is 1. The Labute approximate surface area is 122 Å². The van der Waals surface area contributed by atoms with E-state index in [1.165, 1.54) is 24.3 Å². The van der Waals surface area contributed by atoms with Gasteiger partial charge in [0.1, 0.15) is 0 Å². The van der Waals surface area contributed by atoms with Gasteiger partial charge in [0.25, 0.3) is 0 Å². The third kappa shape index (κ3) is 3.30. The van der Waals surface area contributed by atoms with Crippen LogP contribution in [-0.2, 0) is 19.9 Å². The van der Waals surface area contributed by atoms with Crippen molar-refractivity contribution < 1.29 is 16.8 Å². The van der Waals surface area contributed by atoms with Crippen LogP contribution in [0.3, 0.4) is 0 Å². The number of hydrogen-bond acceptors (Lipinski definition) is 5. The van der Waals surface area contributed by atoms with Crippen LogP contribution in [0.1, 0.15) is 5.56 Å². The Morgan fingerprint density at radius 1 is 1.35 bits per heavy atom. The van der Waals surface area contributed by atoms with Crippen molar-refractivity contribution in [2.45, 2.75) is 16.3 Å². The summed E-state index contributed by atoms with van der Waals surface area (Å²) in [4.78, 5) is -0.0929. The third-order valence-corrected chi connectivity index (χ3v) is 6.73. The molecule has 1 aromatic rings. The summed E-state index contributed by atoms with van der Waals surface area (Å²) >= 11 is 5.86. The lowest BCUT2D eigenvalue weighted by Gasteiger charge is -2.14. The summed E-state index contributed by atoms with van der Waals surface area (Å²) in [5, 5.41) is 7.96. The van der Waals surface area contributed by atoms with Crippen molar-refractivity contribution in [2.24, 2.45) is 0 Å². The number of nitrogens with zero attached hydrogens (tertiary/aromatic N) is 1. The largest absolute Gasteiger partial charge is 0.240 e. The summed E-state index contributed by atoms with van der Waals surface area (Å²) in [5.41, 5.74) is 0.203. The Morgan fingerprint density at radius 3 is 2.60 bits per heavy atom. The number of alkyl halides is 1. The molecule has 6 nitrogen and oxygen atoms in total. The fourth-order valence-corrected chi connectivity index (χ4v) is 5.96. The van der Waals surface area contributed by atoms with Crippen molar-refractivity contribution in [3.63, 3.8) is 0 Å². The summed E-state index contributed by atoms with van der Waals surface area (Å²) in [5.74, 6) is -0.571. The van der Waals surface area contributed by atoms with Crippen molar-refractivity contribution in [3.8, 4) is 6.07 Å². The Morgan fingerprint density at radius 2 is 2.05 bits per heavy atom. The van der Waals surface area contributed by atoms with Crippen molar-refractivity contribution in [1.82, 2.24) is 4.72 Å². The first-order valence-corrected chi connectivity index (χ1v) is 9.34. The number of sulfonamides is 1. The zero-order valence-electron chi connectivity index (χ0n) is 10.2. The molecule has 1 aliphatic rings. The van der Waals surface area contributed by atoms with Crippen LogP contribution in [0.25, 0.3) is 0 Å². The van der Waals surface area contributed by atoms with Crippen molar-refractivity contribution in [2.75, 3.05) is 11.5 Å². The Balaban J connectivity index is 2.26. The van der Waals surface area contributed by atoms with Gasteiger partial charge in [-0.15, -0.1) is 11.6 Å². The van der Waals surface area contributed by atoms with E-state index < -0.39 is 31.3 Å². The first-order chi connectivity index (χ1) is 9.23. The van der Waals surface area contributed by atoms with E-state index in [0.717, 1.165) is 0 Å². The molecule has 1 heterocycles. The standard InChI is InChI=1S/C11H11ClN2O4S2/c12-10-6-19(15,16)7-11(10)14-20(17,18)9-3-1-2-8(4-9)5-13/h1-4,10-11,14H,6-7H2. The average Bonchev–Trinajstić information content (AvgIpc) is 2.61. The van der Waals surface area contributed by atoms with E-state index in [4.69, 9.17) is 16.9 Å². The number of benzene rings is 1. The molecule has 1 N–H and O–H groups in total. The van der Waals surface area contributed by atoms with E-state index in [2.05, 4.69) is 4.72 Å². The minimum atomic E-state index is -3.91. The lowest BCUT2D eigenvalue weighted by Crippen LogP contribution is -2.40. The predicted molar refractivity (Wildman–Crippen MR) is 73.6 cm³/mol. The van der Waals surface area contributed by atoms with E-state index in [1.807, 2.05) is 6.07 Å². The van der Waals surface area contributed by atoms with Crippen LogP contribution in [0.15, 0.2) is 29.2 Å². The molecular weight excluding hydrogens is 324 g/mol. The molecule has 0 spiro atoms. The van der Waals surface area contributed by atoms with Crippen LogP contribution in [0.5, 0.6) is 0 Å². The molecule has 1 saturated heterocycles. The minimum Gasteiger partial charge on any atom is -0.229 e. The van der Waals surface area contributed by atoms with Crippen molar-refractivity contribution in [3.05, 3.63) is 29.8 Å². The van der Waals surface area contributed by atoms with Gasteiger partial charge >= 0.3 is 0 Å². The van der Waals surface area contributed by atoms with Gasteiger partial charge in [0.05, 0.1) is 39.5 Å². The molecule has 0 aliphatic carbocycles. The van der Waals surface area contributed by atoms with Crippen LogP contribution >= 0.6 is 11.6 Å². The fraction of sp³-hybridized carbons (Fsp3) is 0.364. The lowest BCUT2D eigenvalue weighted by atomic mass is 10.2. The average molecular weight is 335 g/mol. The molecule has 0 aromatic heterocycles. The molecule has 0 radical (unpaired) electrons. The molecule has 108 valence electrons. The smallest absolute Gasteiger partial charge is 0.229 e. The van der Waals surface area contributed by atoms with Gasteiger partial charge in [-0.2, -0.15) is 5.26 Å². The summed E-state index contributed by atoms with van der Waals surface area (Å²) in [7, 11) is -7.23. The third-order valence-electron chi connectivity index (χ3n) is 2.86. The van der Waals surface area contributed by atoms with E-state index in [1.54, 1.807) is 0 Å². The second kappa shape index (κ2) is 5.33. The first kappa shape index (κ1) is 15.3. The second-order valence-corrected chi connectivity index (χ2v) is 8.89. The number of nitrogens with one attached hydrogen (secondary N) is 1. The zero-order valence-corrected chi connectivity index (χ0v) is 12.5. The fourth-order valence-electron chi connectivity index (χ4n) is 1.91. The minimum absolute atomic E-state index is 0.0929. The highest BCUT2D eigenvalue weighted by Gasteiger charge is 2.38. The Hall–Kier alpha value is -1.14. The number of sulfone groups is 1. The van der Waals surface area contributed by atoms with Crippen LogP contribution in [0.4, 0.5) is 0 Å². The van der Waals surface area contributed by atoms with Gasteiger partial charge in [0.2, 0.25) is 10.0 Å². The molecule has 2 rings (SSSR count). The van der Waals surface area contributed by atoms with Gasteiger partial charge in [-0.25, -0.2) is 21.6 Å². The topological polar surface area (TPSA) is 104 Å². The molecule has 20 heavy (non-hydrogen) atoms. The molecule has 2 unspecified atom stereocenters. The van der Waals surface area contributed by atoms with Crippen LogP contribution in [0.2, 0.25) is 0 Å². The molecule has 9 heteroatoms. The summed E-state index contributed by atoms with van der Waals surface area (Å²) < 4.78 is 49.4. The van der Waals surface area contributed by atoms with Gasteiger partial charge in [-0.05, 0) is 18.2 Å². The van der Waals surface area contributed by atoms with Gasteiger partial charge in [0.15, 0.2) is 9.84 Å². The SMILES string of the molecule is N#Cc1cccc(S(=O)(=O)NC2CS(=O)(=O)CC2Cl)c1. The molecule has 0 bridgehead atoms. The maximum absolute atomic E-state index is 12.1. The van der Waals surface area contributed by atoms with E-state index in [-0.39, 0.29) is 22.0 Å². The molecular formula is C11H11ClN2O4S2. The predicted octanol–water partition coefficient (Wildman–Crippen LogP) is 0.241. The number of hydrogen-bond donors (Lipinski definition) is 1. The maximum atomic E-state index is 12.1. The highest BCUT2D eigenvalue weighted by Crippen LogP contribution is 2.20. The highest BCUT2D eigenvalue weighted by molar-refractivity contribution is 7.92. The number of nitriles is 1. The van der Waals surface area contributed by atoms with E-state index in [9.17, 15) is 16.8 Å². The Bertz CT molecular complexity index is 768. The van der Waals surface area contributed by atoms with E-state index in [0.29, 0.717) is 0 Å². The first-order valence-electron chi connectivity index (χ1n) is 5.60. The summed E-state index contributed by atoms with van der Waals surface area (Å²) in [6, 6.07) is 6.44. The second-order valence-electron chi connectivity index (χ2n) is 4.46. The highest BCUT2D eigenvalue weighted by atomic mass is 35.5. The summed E-state index contributed by atoms with van der Waals surface area (Å²) in [6.45, 7) is 0. The Kier molecular flexibility index (Phi) is 4.07. The zero-order chi connectivity index (χ0) is 15.0. The molecule has 0 amide bonds. The van der Waals surface area contributed by atoms with Crippen molar-refractivity contribution >= 4 is 31.5 Å². The lowest BCUT2D eigenvalue weighted by molar-refractivity contribution is 0.563. The molecule has 0 saturated carbocycles. The number of rotatable bonds is 3.